The molecule has 39 heavy (non-hydrogen) atoms. The summed E-state index contributed by atoms with van der Waals surface area (Å²) < 4.78 is 21.4. The van der Waals surface area contributed by atoms with Crippen LogP contribution in [0.3, 0.4) is 0 Å². The lowest BCUT2D eigenvalue weighted by Crippen LogP contribution is -2.30. The normalized spacial score (nSPS) is 12.2. The molecule has 0 aliphatic carbocycles. The summed E-state index contributed by atoms with van der Waals surface area (Å²) in [5.41, 5.74) is 1.13. The third-order valence-corrected chi connectivity index (χ3v) is 5.74. The quantitative estimate of drug-likeness (QED) is 0.173. The maximum Gasteiger partial charge on any atom is 0.332 e. The van der Waals surface area contributed by atoms with Gasteiger partial charge < -0.3 is 29.2 Å². The summed E-state index contributed by atoms with van der Waals surface area (Å²) in [5.74, 6) is -7.05. The van der Waals surface area contributed by atoms with E-state index < -0.39 is 47.7 Å². The average Bonchev–Trinajstić information content (AvgIpc) is 2.92. The molecule has 2 atom stereocenters. The first-order chi connectivity index (χ1) is 18.7. The van der Waals surface area contributed by atoms with Gasteiger partial charge in [0.05, 0.1) is 44.7 Å². The zero-order chi connectivity index (χ0) is 28.6. The van der Waals surface area contributed by atoms with E-state index in [0.29, 0.717) is 13.2 Å². The molecule has 10 nitrogen and oxygen atoms in total. The monoisotopic (exact) mass is 542 g/mol. The summed E-state index contributed by atoms with van der Waals surface area (Å²) in [6.45, 7) is 3.32. The van der Waals surface area contributed by atoms with Gasteiger partial charge in [0.15, 0.2) is 0 Å². The molecule has 0 aliphatic rings. The lowest BCUT2D eigenvalue weighted by Gasteiger charge is -2.23. The fourth-order valence-corrected chi connectivity index (χ4v) is 3.78. The van der Waals surface area contributed by atoms with Crippen molar-refractivity contribution >= 4 is 23.9 Å². The maximum absolute atomic E-state index is 12.8. The highest BCUT2D eigenvalue weighted by molar-refractivity contribution is 5.96. The predicted molar refractivity (Wildman–Crippen MR) is 139 cm³/mol. The third kappa shape index (κ3) is 11.1. The molecular formula is C29H34O10. The van der Waals surface area contributed by atoms with Gasteiger partial charge >= 0.3 is 23.9 Å². The molecule has 0 amide bonds. The van der Waals surface area contributed by atoms with Crippen LogP contribution in [0.15, 0.2) is 71.8 Å². The molecule has 210 valence electrons. The molecule has 2 N–H and O–H groups in total. The Hall–Kier alpha value is -4.02. The van der Waals surface area contributed by atoms with Crippen molar-refractivity contribution in [3.8, 4) is 0 Å². The molecule has 2 aromatic carbocycles. The first-order valence-electron chi connectivity index (χ1n) is 12.4. The molecule has 0 saturated carbocycles. The fourth-order valence-electron chi connectivity index (χ4n) is 3.78. The van der Waals surface area contributed by atoms with E-state index in [0.717, 1.165) is 11.1 Å². The standard InChI is InChI=1S/C29H34O10/c1-20(28(34)38-15-13-36-18-22-9-5-3-6-10-22)26(24(27(32)33)17-25(30)31)21(2)29(35)39-16-14-37-19-23-11-7-4-8-12-23/h3-12,20-21H,13-19H2,1-2H3,(H,30,31)(H,32,33). The minimum Gasteiger partial charge on any atom is -0.481 e. The van der Waals surface area contributed by atoms with Gasteiger partial charge in [-0.2, -0.15) is 0 Å². The average molecular weight is 543 g/mol. The fraction of sp³-hybridized carbons (Fsp3) is 0.379. The van der Waals surface area contributed by atoms with Gasteiger partial charge in [-0.3, -0.25) is 14.4 Å². The van der Waals surface area contributed by atoms with Crippen LogP contribution in [-0.2, 0) is 51.3 Å². The number of hydrogen-bond acceptors (Lipinski definition) is 8. The van der Waals surface area contributed by atoms with E-state index in [-0.39, 0.29) is 32.0 Å². The summed E-state index contributed by atoms with van der Waals surface area (Å²) in [6.07, 6.45) is -0.889. The molecule has 0 aliphatic heterocycles. The Balaban J connectivity index is 1.98. The Morgan fingerprint density at radius 2 is 1.08 bits per heavy atom. The van der Waals surface area contributed by atoms with E-state index in [9.17, 15) is 29.4 Å². The highest BCUT2D eigenvalue weighted by atomic mass is 16.6. The lowest BCUT2D eigenvalue weighted by atomic mass is 9.84. The Kier molecular flexibility index (Phi) is 13.4. The smallest absolute Gasteiger partial charge is 0.332 e. The molecule has 0 bridgehead atoms. The molecule has 0 saturated heterocycles. The van der Waals surface area contributed by atoms with Gasteiger partial charge in [0.2, 0.25) is 0 Å². The second-order valence-electron chi connectivity index (χ2n) is 8.66. The van der Waals surface area contributed by atoms with Crippen LogP contribution in [0.25, 0.3) is 0 Å². The van der Waals surface area contributed by atoms with Crippen LogP contribution < -0.4 is 0 Å². The number of esters is 2. The summed E-state index contributed by atoms with van der Waals surface area (Å²) >= 11 is 0. The summed E-state index contributed by atoms with van der Waals surface area (Å²) in [7, 11) is 0. The molecule has 2 unspecified atom stereocenters. The van der Waals surface area contributed by atoms with Crippen molar-refractivity contribution in [3.63, 3.8) is 0 Å². The Labute approximate surface area is 227 Å². The van der Waals surface area contributed by atoms with Gasteiger partial charge in [0.25, 0.3) is 0 Å². The number of carboxylic acids is 2. The number of rotatable bonds is 17. The predicted octanol–water partition coefficient (Wildman–Crippen LogP) is 3.63. The molecule has 2 rings (SSSR count). The lowest BCUT2D eigenvalue weighted by molar-refractivity contribution is -0.151. The molecule has 0 heterocycles. The van der Waals surface area contributed by atoms with Crippen molar-refractivity contribution in [3.05, 3.63) is 82.9 Å². The summed E-state index contributed by atoms with van der Waals surface area (Å²) in [4.78, 5) is 48.8. The molecule has 0 radical (unpaired) electrons. The Morgan fingerprint density at radius 3 is 1.44 bits per heavy atom. The number of hydrogen-bond donors (Lipinski definition) is 2. The van der Waals surface area contributed by atoms with Crippen LogP contribution in [0.1, 0.15) is 31.4 Å². The number of carbonyl (C=O) groups is 4. The maximum atomic E-state index is 12.8. The Morgan fingerprint density at radius 1 is 0.667 bits per heavy atom. The van der Waals surface area contributed by atoms with Crippen LogP contribution in [0.4, 0.5) is 0 Å². The van der Waals surface area contributed by atoms with Crippen molar-refractivity contribution in [2.75, 3.05) is 26.4 Å². The summed E-state index contributed by atoms with van der Waals surface area (Å²) in [5, 5.41) is 18.9. The molecular weight excluding hydrogens is 508 g/mol. The van der Waals surface area contributed by atoms with Gasteiger partial charge in [-0.1, -0.05) is 60.7 Å². The number of ether oxygens (including phenoxy) is 4. The van der Waals surface area contributed by atoms with E-state index >= 15 is 0 Å². The number of benzene rings is 2. The third-order valence-electron chi connectivity index (χ3n) is 5.74. The van der Waals surface area contributed by atoms with Crippen molar-refractivity contribution in [2.45, 2.75) is 33.5 Å². The van der Waals surface area contributed by atoms with E-state index in [4.69, 9.17) is 18.9 Å². The van der Waals surface area contributed by atoms with Crippen molar-refractivity contribution < 1.29 is 48.3 Å². The zero-order valence-electron chi connectivity index (χ0n) is 22.0. The summed E-state index contributed by atoms with van der Waals surface area (Å²) in [6, 6.07) is 18.8. The van der Waals surface area contributed by atoms with Crippen LogP contribution in [0, 0.1) is 11.8 Å². The molecule has 0 spiro atoms. The first kappa shape index (κ1) is 31.2. The van der Waals surface area contributed by atoms with Gasteiger partial charge in [-0.15, -0.1) is 0 Å². The van der Waals surface area contributed by atoms with Crippen LogP contribution in [0.5, 0.6) is 0 Å². The molecule has 0 fully saturated rings. The van der Waals surface area contributed by atoms with E-state index in [1.165, 1.54) is 13.8 Å². The molecule has 10 heteroatoms. The van der Waals surface area contributed by atoms with Crippen LogP contribution >= 0.6 is 0 Å². The van der Waals surface area contributed by atoms with Crippen molar-refractivity contribution in [1.82, 2.24) is 0 Å². The Bertz CT molecular complexity index is 1040. The second-order valence-corrected chi connectivity index (χ2v) is 8.66. The first-order valence-corrected chi connectivity index (χ1v) is 12.4. The topological polar surface area (TPSA) is 146 Å². The minimum atomic E-state index is -1.55. The minimum absolute atomic E-state index is 0.0912. The van der Waals surface area contributed by atoms with Gasteiger partial charge in [-0.25, -0.2) is 4.79 Å². The van der Waals surface area contributed by atoms with Crippen LogP contribution in [0.2, 0.25) is 0 Å². The SMILES string of the molecule is CC(C(=O)OCCOCc1ccccc1)C(=C(CC(=O)O)C(=O)O)C(C)C(=O)OCCOCc1ccccc1. The van der Waals surface area contributed by atoms with Gasteiger partial charge in [-0.05, 0) is 30.5 Å². The zero-order valence-corrected chi connectivity index (χ0v) is 22.0. The second kappa shape index (κ2) is 16.7. The van der Waals surface area contributed by atoms with E-state index in [1.807, 2.05) is 60.7 Å². The van der Waals surface area contributed by atoms with Gasteiger partial charge in [0, 0.05) is 5.57 Å². The number of aliphatic carboxylic acids is 2. The molecule has 0 aromatic heterocycles. The van der Waals surface area contributed by atoms with Crippen LogP contribution in [-0.4, -0.2) is 60.5 Å². The highest BCUT2D eigenvalue weighted by Gasteiger charge is 2.34. The largest absolute Gasteiger partial charge is 0.481 e. The van der Waals surface area contributed by atoms with Gasteiger partial charge in [0.1, 0.15) is 13.2 Å². The van der Waals surface area contributed by atoms with E-state index in [2.05, 4.69) is 0 Å². The van der Waals surface area contributed by atoms with Crippen molar-refractivity contribution in [1.29, 1.82) is 0 Å². The van der Waals surface area contributed by atoms with Crippen molar-refractivity contribution in [2.24, 2.45) is 11.8 Å². The number of carboxylic acid groups (broad SMARTS) is 2. The molecule has 2 aromatic rings. The van der Waals surface area contributed by atoms with E-state index in [1.54, 1.807) is 0 Å². The highest BCUT2D eigenvalue weighted by Crippen LogP contribution is 2.28. The number of carbonyl (C=O) groups excluding carboxylic acids is 2.